The number of nitrogens with one attached hydrogen (secondary N) is 1. The highest BCUT2D eigenvalue weighted by Gasteiger charge is 2.75. The number of esters is 1. The zero-order chi connectivity index (χ0) is 28.8. The van der Waals surface area contributed by atoms with Crippen LogP contribution in [0.3, 0.4) is 0 Å². The van der Waals surface area contributed by atoms with Crippen LogP contribution in [0, 0.1) is 11.8 Å². The van der Waals surface area contributed by atoms with Crippen molar-refractivity contribution in [3.63, 3.8) is 0 Å². The van der Waals surface area contributed by atoms with E-state index in [0.29, 0.717) is 21.6 Å². The Kier molecular flexibility index (Phi) is 8.11. The van der Waals surface area contributed by atoms with Gasteiger partial charge in [0.25, 0.3) is 5.91 Å². The second-order valence-corrected chi connectivity index (χ2v) is 11.9. The van der Waals surface area contributed by atoms with Crippen molar-refractivity contribution in [2.75, 3.05) is 24.6 Å². The van der Waals surface area contributed by atoms with E-state index < -0.39 is 66.1 Å². The van der Waals surface area contributed by atoms with E-state index in [9.17, 15) is 24.3 Å². The van der Waals surface area contributed by atoms with Crippen molar-refractivity contribution < 1.29 is 33.8 Å². The normalized spacial score (nSPS) is 34.3. The van der Waals surface area contributed by atoms with Crippen LogP contribution in [0.1, 0.15) is 26.7 Å². The highest BCUT2D eigenvalue weighted by molar-refractivity contribution is 9.11. The van der Waals surface area contributed by atoms with E-state index in [1.165, 1.54) is 9.80 Å². The van der Waals surface area contributed by atoms with Crippen LogP contribution in [0.2, 0.25) is 5.02 Å². The van der Waals surface area contributed by atoms with Crippen LogP contribution in [0.4, 0.5) is 5.69 Å². The van der Waals surface area contributed by atoms with Crippen LogP contribution in [0.15, 0.2) is 47.0 Å². The molecular formula is C28H31BrClN3O7. The summed E-state index contributed by atoms with van der Waals surface area (Å²) in [5.41, 5.74) is -1.04. The van der Waals surface area contributed by atoms with Crippen LogP contribution >= 0.6 is 27.5 Å². The zero-order valence-electron chi connectivity index (χ0n) is 22.1. The Bertz CT molecular complexity index is 1290. The third-order valence-corrected chi connectivity index (χ3v) is 8.91. The van der Waals surface area contributed by atoms with Crippen molar-refractivity contribution in [3.05, 3.63) is 52.0 Å². The number of carbonyl (C=O) groups is 4. The van der Waals surface area contributed by atoms with Crippen LogP contribution < -0.4 is 10.2 Å². The first-order valence-electron chi connectivity index (χ1n) is 13.3. The van der Waals surface area contributed by atoms with E-state index in [2.05, 4.69) is 21.2 Å². The van der Waals surface area contributed by atoms with Crippen molar-refractivity contribution in [1.82, 2.24) is 10.2 Å². The molecule has 3 amide bonds. The van der Waals surface area contributed by atoms with Gasteiger partial charge in [0.15, 0.2) is 0 Å². The predicted molar refractivity (Wildman–Crippen MR) is 150 cm³/mol. The minimum Gasteiger partial charge on any atom is -0.460 e. The lowest BCUT2D eigenvalue weighted by atomic mass is 9.74. The standard InChI is InChI=1S/C28H31BrClN3O7/c1-15(14-34)33-24-26(37)32(19-9-6-5-8-18(19)30)11-7-3-4-10-20(35)31-13-16(2)39-27(38)21-22(25(33)36)28(24)12-17(29)23(21)40-28/h3,5-9,12,15-16,21-24,34H,4,10-11,13-14H2,1-2H3,(H,31,35)/b7-3-/t15-,16-,21+,22-,23+,24+,28-/m1/s1. The molecule has 0 aliphatic carbocycles. The number of hydrogen-bond donors (Lipinski definition) is 2. The molecule has 10 nitrogen and oxygen atoms in total. The summed E-state index contributed by atoms with van der Waals surface area (Å²) in [6.07, 6.45) is 4.45. The molecule has 214 valence electrons. The van der Waals surface area contributed by atoms with E-state index in [0.717, 1.165) is 0 Å². The fourth-order valence-corrected chi connectivity index (χ4v) is 7.04. The molecule has 1 aromatic rings. The lowest BCUT2D eigenvalue weighted by Crippen LogP contribution is -2.58. The monoisotopic (exact) mass is 635 g/mol. The number of benzene rings is 1. The maximum Gasteiger partial charge on any atom is 0.313 e. The maximum absolute atomic E-state index is 14.6. The summed E-state index contributed by atoms with van der Waals surface area (Å²) in [6, 6.07) is 4.94. The number of fused-ring (bicyclic) bond motifs is 2. The molecule has 4 aliphatic heterocycles. The second-order valence-electron chi connectivity index (χ2n) is 10.6. The summed E-state index contributed by atoms with van der Waals surface area (Å²) in [7, 11) is 0. The Morgan fingerprint density at radius 1 is 1.20 bits per heavy atom. The summed E-state index contributed by atoms with van der Waals surface area (Å²) in [5, 5.41) is 13.2. The Morgan fingerprint density at radius 2 is 1.95 bits per heavy atom. The second kappa shape index (κ2) is 11.3. The predicted octanol–water partition coefficient (Wildman–Crippen LogP) is 2.32. The first-order chi connectivity index (χ1) is 19.1. The average molecular weight is 637 g/mol. The number of anilines is 1. The topological polar surface area (TPSA) is 125 Å². The number of carbonyl (C=O) groups excluding carboxylic acids is 4. The molecule has 0 radical (unpaired) electrons. The number of halogens is 2. The molecule has 1 aromatic carbocycles. The SMILES string of the molecule is C[C@@H]1CNC(=O)CC/C=C\CN(c2ccccc2Cl)C(=O)[C@@H]2N([C@H](C)CO)C(=O)[C@H]3[C@H](C(=O)O1)[C@H]1O[C@@]23C=C1Br. The number of para-hydroxylation sites is 1. The molecule has 4 aliphatic rings. The summed E-state index contributed by atoms with van der Waals surface area (Å²) >= 11 is 10.0. The molecule has 5 bridgehead atoms. The number of allylic oxidation sites excluding steroid dienone is 1. The summed E-state index contributed by atoms with van der Waals surface area (Å²) in [6.45, 7) is 3.12. The van der Waals surface area contributed by atoms with Gasteiger partial charge in [0, 0.05) is 17.4 Å². The lowest BCUT2D eigenvalue weighted by Gasteiger charge is -2.38. The first kappa shape index (κ1) is 28.8. The van der Waals surface area contributed by atoms with E-state index in [1.54, 1.807) is 56.3 Å². The molecular weight excluding hydrogens is 606 g/mol. The molecule has 0 unspecified atom stereocenters. The minimum absolute atomic E-state index is 0.105. The van der Waals surface area contributed by atoms with Gasteiger partial charge in [-0.2, -0.15) is 0 Å². The number of nitrogens with zero attached hydrogens (tertiary/aromatic N) is 2. The van der Waals surface area contributed by atoms with Gasteiger partial charge in [0.05, 0.1) is 35.8 Å². The third kappa shape index (κ3) is 4.76. The Hall–Kier alpha value is -2.73. The molecule has 4 heterocycles. The van der Waals surface area contributed by atoms with Crippen molar-refractivity contribution >= 4 is 56.9 Å². The van der Waals surface area contributed by atoms with Gasteiger partial charge in [-0.15, -0.1) is 0 Å². The smallest absolute Gasteiger partial charge is 0.313 e. The minimum atomic E-state index is -1.47. The van der Waals surface area contributed by atoms with Crippen LogP contribution in [0.5, 0.6) is 0 Å². The maximum atomic E-state index is 14.6. The van der Waals surface area contributed by atoms with Crippen molar-refractivity contribution in [2.24, 2.45) is 11.8 Å². The quantitative estimate of drug-likeness (QED) is 0.386. The van der Waals surface area contributed by atoms with Gasteiger partial charge in [-0.1, -0.05) is 51.8 Å². The van der Waals surface area contributed by atoms with Crippen LogP contribution in [-0.4, -0.2) is 83.3 Å². The molecule has 40 heavy (non-hydrogen) atoms. The number of hydrogen-bond acceptors (Lipinski definition) is 7. The summed E-state index contributed by atoms with van der Waals surface area (Å²) < 4.78 is 12.6. The average Bonchev–Trinajstić information content (AvgIpc) is 3.52. The Labute approximate surface area is 245 Å². The van der Waals surface area contributed by atoms with E-state index in [-0.39, 0.29) is 25.4 Å². The Morgan fingerprint density at radius 3 is 2.67 bits per heavy atom. The first-order valence-corrected chi connectivity index (χ1v) is 14.4. The van der Waals surface area contributed by atoms with Gasteiger partial charge in [0.1, 0.15) is 29.8 Å². The van der Waals surface area contributed by atoms with Crippen molar-refractivity contribution in [1.29, 1.82) is 0 Å². The molecule has 1 spiro atoms. The molecule has 0 saturated carbocycles. The number of cyclic esters (lactones) is 1. The largest absolute Gasteiger partial charge is 0.460 e. The number of rotatable bonds is 3. The number of aliphatic hydroxyl groups is 1. The Balaban J connectivity index is 1.65. The third-order valence-electron chi connectivity index (χ3n) is 7.92. The summed E-state index contributed by atoms with van der Waals surface area (Å²) in [4.78, 5) is 57.3. The van der Waals surface area contributed by atoms with Gasteiger partial charge in [-0.05, 0) is 38.5 Å². The molecule has 0 aromatic heterocycles. The molecule has 2 N–H and O–H groups in total. The molecule has 2 fully saturated rings. The molecule has 5 rings (SSSR count). The number of likely N-dealkylation sites (tertiary alicyclic amines) is 1. The molecule has 7 atom stereocenters. The highest BCUT2D eigenvalue weighted by atomic mass is 79.9. The highest BCUT2D eigenvalue weighted by Crippen LogP contribution is 2.59. The summed E-state index contributed by atoms with van der Waals surface area (Å²) in [5.74, 6) is -3.88. The van der Waals surface area contributed by atoms with Gasteiger partial charge < -0.3 is 29.7 Å². The lowest BCUT2D eigenvalue weighted by molar-refractivity contribution is -0.159. The number of amides is 3. The fourth-order valence-electron chi connectivity index (χ4n) is 6.07. The van der Waals surface area contributed by atoms with E-state index in [4.69, 9.17) is 21.1 Å². The van der Waals surface area contributed by atoms with Gasteiger partial charge in [-0.25, -0.2) is 0 Å². The van der Waals surface area contributed by atoms with Crippen molar-refractivity contribution in [3.8, 4) is 0 Å². The van der Waals surface area contributed by atoms with E-state index in [1.807, 2.05) is 0 Å². The van der Waals surface area contributed by atoms with Crippen LogP contribution in [0.25, 0.3) is 0 Å². The van der Waals surface area contributed by atoms with Gasteiger partial charge in [0.2, 0.25) is 11.8 Å². The molecule has 2 saturated heterocycles. The van der Waals surface area contributed by atoms with Gasteiger partial charge >= 0.3 is 5.97 Å². The number of aliphatic hydroxyl groups excluding tert-OH is 1. The van der Waals surface area contributed by atoms with Crippen LogP contribution in [-0.2, 0) is 28.7 Å². The molecule has 12 heteroatoms. The number of ether oxygens (including phenoxy) is 2. The zero-order valence-corrected chi connectivity index (χ0v) is 24.4. The van der Waals surface area contributed by atoms with Crippen molar-refractivity contribution in [2.45, 2.75) is 56.6 Å². The fraction of sp³-hybridized carbons (Fsp3) is 0.500. The van der Waals surface area contributed by atoms with Gasteiger partial charge in [-0.3, -0.25) is 19.2 Å². The van der Waals surface area contributed by atoms with E-state index >= 15 is 0 Å².